The molecule has 0 spiro atoms. The van der Waals surface area contributed by atoms with Gasteiger partial charge in [-0.3, -0.25) is 4.79 Å². The summed E-state index contributed by atoms with van der Waals surface area (Å²) in [5.41, 5.74) is 6.72. The molecule has 2 aromatic rings. The molecule has 10 heteroatoms. The zero-order chi connectivity index (χ0) is 24.9. The summed E-state index contributed by atoms with van der Waals surface area (Å²) in [4.78, 5) is 16.7. The summed E-state index contributed by atoms with van der Waals surface area (Å²) >= 11 is 0. The molecule has 2 N–H and O–H groups in total. The van der Waals surface area contributed by atoms with Crippen LogP contribution in [0.4, 0.5) is 5.69 Å². The number of amides is 1. The van der Waals surface area contributed by atoms with Crippen molar-refractivity contribution in [3.63, 3.8) is 0 Å². The van der Waals surface area contributed by atoms with Crippen LogP contribution in [0, 0.1) is 0 Å². The molecule has 0 bridgehead atoms. The van der Waals surface area contributed by atoms with Gasteiger partial charge >= 0.3 is 0 Å². The molecule has 0 radical (unpaired) electrons. The number of sulfonamides is 1. The van der Waals surface area contributed by atoms with Gasteiger partial charge in [0.05, 0.1) is 6.61 Å². The Bertz CT molecular complexity index is 1080. The molecule has 35 heavy (non-hydrogen) atoms. The van der Waals surface area contributed by atoms with Gasteiger partial charge in [0.2, 0.25) is 15.9 Å². The van der Waals surface area contributed by atoms with Crippen molar-refractivity contribution in [2.45, 2.75) is 17.6 Å². The van der Waals surface area contributed by atoms with E-state index in [9.17, 15) is 13.2 Å². The SMILES string of the molecule is COCCN1CCC(C(N)=O)(S(=O)(=O)N2CCN(c3ccc(Oc4ccccc4)cc3)CC2)CC1. The third-order valence-corrected chi connectivity index (χ3v) is 9.62. The van der Waals surface area contributed by atoms with Crippen LogP contribution in [0.3, 0.4) is 0 Å². The number of benzene rings is 2. The molecule has 2 heterocycles. The Balaban J connectivity index is 1.37. The monoisotopic (exact) mass is 502 g/mol. The maximum atomic E-state index is 13.6. The van der Waals surface area contributed by atoms with E-state index in [0.717, 1.165) is 17.2 Å². The average molecular weight is 503 g/mol. The van der Waals surface area contributed by atoms with E-state index < -0.39 is 20.7 Å². The van der Waals surface area contributed by atoms with E-state index >= 15 is 0 Å². The zero-order valence-corrected chi connectivity index (χ0v) is 21.0. The molecule has 0 saturated carbocycles. The van der Waals surface area contributed by atoms with Crippen LogP contribution >= 0.6 is 0 Å². The summed E-state index contributed by atoms with van der Waals surface area (Å²) in [7, 11) is -2.25. The van der Waals surface area contributed by atoms with Crippen LogP contribution in [0.5, 0.6) is 11.5 Å². The highest BCUT2D eigenvalue weighted by Gasteiger charge is 2.53. The van der Waals surface area contributed by atoms with Crippen LogP contribution in [-0.2, 0) is 19.6 Å². The minimum Gasteiger partial charge on any atom is -0.457 e. The Hall–Kier alpha value is -2.66. The molecule has 190 valence electrons. The first-order valence-electron chi connectivity index (χ1n) is 11.9. The van der Waals surface area contributed by atoms with Crippen molar-refractivity contribution in [1.82, 2.24) is 9.21 Å². The fourth-order valence-electron chi connectivity index (χ4n) is 4.77. The number of piperazine rings is 1. The van der Waals surface area contributed by atoms with E-state index in [1.807, 2.05) is 54.6 Å². The van der Waals surface area contributed by atoms with Gasteiger partial charge in [0, 0.05) is 58.6 Å². The number of piperidine rings is 1. The summed E-state index contributed by atoms with van der Waals surface area (Å²) in [6.07, 6.45) is 0.412. The molecule has 2 aliphatic rings. The molecular formula is C25H34N4O5S. The number of carbonyl (C=O) groups excluding carboxylic acids is 1. The highest BCUT2D eigenvalue weighted by Crippen LogP contribution is 2.34. The Morgan fingerprint density at radius 1 is 0.914 bits per heavy atom. The molecule has 2 fully saturated rings. The normalized spacial score (nSPS) is 19.4. The molecule has 0 atom stereocenters. The number of primary amides is 1. The number of anilines is 1. The number of para-hydroxylation sites is 1. The third-order valence-electron chi connectivity index (χ3n) is 6.98. The molecule has 2 aliphatic heterocycles. The predicted molar refractivity (Wildman–Crippen MR) is 135 cm³/mol. The molecule has 0 aliphatic carbocycles. The van der Waals surface area contributed by atoms with Crippen molar-refractivity contribution >= 4 is 21.6 Å². The number of hydrogen-bond donors (Lipinski definition) is 1. The van der Waals surface area contributed by atoms with Gasteiger partial charge in [0.25, 0.3) is 0 Å². The van der Waals surface area contributed by atoms with Crippen molar-refractivity contribution in [3.05, 3.63) is 54.6 Å². The summed E-state index contributed by atoms with van der Waals surface area (Å²) in [6, 6.07) is 17.3. The number of rotatable bonds is 9. The standard InChI is InChI=1S/C25H34N4O5S/c1-33-20-19-27-13-11-25(12-14-27,24(26)30)35(31,32)29-17-15-28(16-18-29)21-7-9-23(10-8-21)34-22-5-3-2-4-6-22/h2-10H,11-20H2,1H3,(H2,26,30). The van der Waals surface area contributed by atoms with Gasteiger partial charge in [-0.15, -0.1) is 0 Å². The van der Waals surface area contributed by atoms with E-state index in [1.54, 1.807) is 7.11 Å². The predicted octanol–water partition coefficient (Wildman–Crippen LogP) is 1.90. The smallest absolute Gasteiger partial charge is 0.240 e. The van der Waals surface area contributed by atoms with Gasteiger partial charge in [0.15, 0.2) is 4.75 Å². The molecular weight excluding hydrogens is 468 g/mol. The first-order chi connectivity index (χ1) is 16.9. The quantitative estimate of drug-likeness (QED) is 0.558. The average Bonchev–Trinajstić information content (AvgIpc) is 2.88. The molecule has 2 saturated heterocycles. The lowest BCUT2D eigenvalue weighted by atomic mass is 9.95. The van der Waals surface area contributed by atoms with Crippen LogP contribution in [0.1, 0.15) is 12.8 Å². The molecule has 9 nitrogen and oxygen atoms in total. The van der Waals surface area contributed by atoms with Gasteiger partial charge in [-0.1, -0.05) is 18.2 Å². The number of nitrogens with two attached hydrogens (primary N) is 1. The summed E-state index contributed by atoms with van der Waals surface area (Å²) in [5.74, 6) is 0.758. The van der Waals surface area contributed by atoms with Crippen LogP contribution in [0.25, 0.3) is 0 Å². The molecule has 1 amide bonds. The third kappa shape index (κ3) is 5.45. The Labute approximate surface area is 207 Å². The number of ether oxygens (including phenoxy) is 2. The van der Waals surface area contributed by atoms with E-state index in [1.165, 1.54) is 4.31 Å². The van der Waals surface area contributed by atoms with Gasteiger partial charge in [-0.2, -0.15) is 4.31 Å². The fraction of sp³-hybridized carbons (Fsp3) is 0.480. The topological polar surface area (TPSA) is 105 Å². The van der Waals surface area contributed by atoms with Crippen molar-refractivity contribution in [1.29, 1.82) is 0 Å². The Morgan fingerprint density at radius 2 is 1.51 bits per heavy atom. The van der Waals surface area contributed by atoms with E-state index in [2.05, 4.69) is 9.80 Å². The zero-order valence-electron chi connectivity index (χ0n) is 20.1. The molecule has 4 rings (SSSR count). The van der Waals surface area contributed by atoms with Crippen molar-refractivity contribution in [2.75, 3.05) is 64.4 Å². The van der Waals surface area contributed by atoms with Gasteiger partial charge < -0.3 is 25.0 Å². The molecule has 0 unspecified atom stereocenters. The first kappa shape index (κ1) is 25.4. The fourth-order valence-corrected chi connectivity index (χ4v) is 6.86. The highest BCUT2D eigenvalue weighted by atomic mass is 32.2. The van der Waals surface area contributed by atoms with Crippen molar-refractivity contribution in [3.8, 4) is 11.5 Å². The number of likely N-dealkylation sites (tertiary alicyclic amines) is 1. The van der Waals surface area contributed by atoms with E-state index in [4.69, 9.17) is 15.2 Å². The van der Waals surface area contributed by atoms with Crippen molar-refractivity contribution < 1.29 is 22.7 Å². The maximum absolute atomic E-state index is 13.6. The summed E-state index contributed by atoms with van der Waals surface area (Å²) in [5, 5.41) is 0. The van der Waals surface area contributed by atoms with Gasteiger partial charge in [-0.05, 0) is 49.2 Å². The van der Waals surface area contributed by atoms with Gasteiger partial charge in [-0.25, -0.2) is 8.42 Å². The summed E-state index contributed by atoms with van der Waals surface area (Å²) < 4.78 is 38.1. The summed E-state index contributed by atoms with van der Waals surface area (Å²) in [6.45, 7) is 3.97. The van der Waals surface area contributed by atoms with Gasteiger partial charge in [0.1, 0.15) is 11.5 Å². The second-order valence-corrected chi connectivity index (χ2v) is 11.2. The lowest BCUT2D eigenvalue weighted by molar-refractivity contribution is -0.121. The molecule has 2 aromatic carbocycles. The second-order valence-electron chi connectivity index (χ2n) is 8.99. The maximum Gasteiger partial charge on any atom is 0.240 e. The van der Waals surface area contributed by atoms with E-state index in [0.29, 0.717) is 52.4 Å². The van der Waals surface area contributed by atoms with Crippen molar-refractivity contribution in [2.24, 2.45) is 5.73 Å². The van der Waals surface area contributed by atoms with Crippen LogP contribution in [0.15, 0.2) is 54.6 Å². The minimum absolute atomic E-state index is 0.206. The first-order valence-corrected chi connectivity index (χ1v) is 13.4. The number of nitrogens with zero attached hydrogens (tertiary/aromatic N) is 3. The largest absolute Gasteiger partial charge is 0.457 e. The molecule has 0 aromatic heterocycles. The lowest BCUT2D eigenvalue weighted by Crippen LogP contribution is -2.63. The van der Waals surface area contributed by atoms with Crippen LogP contribution in [0.2, 0.25) is 0 Å². The number of carbonyl (C=O) groups is 1. The lowest BCUT2D eigenvalue weighted by Gasteiger charge is -2.43. The number of methoxy groups -OCH3 is 1. The minimum atomic E-state index is -3.88. The Kier molecular flexibility index (Phi) is 7.95. The van der Waals surface area contributed by atoms with Crippen LogP contribution in [-0.4, -0.2) is 87.8 Å². The Morgan fingerprint density at radius 3 is 2.09 bits per heavy atom. The van der Waals surface area contributed by atoms with E-state index in [-0.39, 0.29) is 12.8 Å². The highest BCUT2D eigenvalue weighted by molar-refractivity contribution is 7.91. The second kappa shape index (κ2) is 10.9. The van der Waals surface area contributed by atoms with Crippen LogP contribution < -0.4 is 15.4 Å². The number of hydrogen-bond acceptors (Lipinski definition) is 7.